The van der Waals surface area contributed by atoms with Crippen molar-refractivity contribution in [1.29, 1.82) is 0 Å². The van der Waals surface area contributed by atoms with Crippen molar-refractivity contribution >= 4 is 23.5 Å². The van der Waals surface area contributed by atoms with Crippen LogP contribution in [0.25, 0.3) is 0 Å². The molecule has 7 nitrogen and oxygen atoms in total. The van der Waals surface area contributed by atoms with E-state index in [-0.39, 0.29) is 5.56 Å². The fraction of sp³-hybridized carbons (Fsp3) is 0.167. The van der Waals surface area contributed by atoms with Gasteiger partial charge in [-0.1, -0.05) is 6.07 Å². The summed E-state index contributed by atoms with van der Waals surface area (Å²) in [4.78, 5) is 35.2. The molecule has 0 saturated carbocycles. The van der Waals surface area contributed by atoms with Gasteiger partial charge in [0.05, 0.1) is 24.9 Å². The van der Waals surface area contributed by atoms with E-state index >= 15 is 0 Å². The third-order valence-electron chi connectivity index (χ3n) is 3.40. The molecular formula is C18H15F3N2O5. The first-order valence-corrected chi connectivity index (χ1v) is 7.83. The zero-order valence-corrected chi connectivity index (χ0v) is 14.6. The Hall–Kier alpha value is -3.56. The lowest BCUT2D eigenvalue weighted by atomic mass is 10.2. The Morgan fingerprint density at radius 2 is 1.75 bits per heavy atom. The minimum absolute atomic E-state index is 0.165. The highest BCUT2D eigenvalue weighted by Crippen LogP contribution is 2.19. The summed E-state index contributed by atoms with van der Waals surface area (Å²) in [6.07, 6.45) is 0. The predicted molar refractivity (Wildman–Crippen MR) is 91.2 cm³/mol. The number of esters is 1. The number of rotatable bonds is 7. The van der Waals surface area contributed by atoms with Gasteiger partial charge in [0.15, 0.2) is 24.1 Å². The topological polar surface area (TPSA) is 93.7 Å². The Kier molecular flexibility index (Phi) is 6.96. The molecule has 0 aromatic heterocycles. The van der Waals surface area contributed by atoms with E-state index in [1.165, 1.54) is 19.2 Å². The number of anilines is 1. The van der Waals surface area contributed by atoms with Gasteiger partial charge in [0, 0.05) is 0 Å². The van der Waals surface area contributed by atoms with E-state index in [0.717, 1.165) is 6.07 Å². The van der Waals surface area contributed by atoms with Gasteiger partial charge < -0.3 is 20.1 Å². The van der Waals surface area contributed by atoms with Crippen LogP contribution in [0.4, 0.5) is 18.9 Å². The Labute approximate surface area is 157 Å². The molecule has 0 saturated heterocycles. The van der Waals surface area contributed by atoms with Gasteiger partial charge in [-0.05, 0) is 30.3 Å². The summed E-state index contributed by atoms with van der Waals surface area (Å²) in [6.45, 7) is -1.27. The van der Waals surface area contributed by atoms with E-state index in [2.05, 4.69) is 5.32 Å². The van der Waals surface area contributed by atoms with Crippen LogP contribution >= 0.6 is 0 Å². The Morgan fingerprint density at radius 3 is 2.46 bits per heavy atom. The van der Waals surface area contributed by atoms with Crippen LogP contribution in [-0.4, -0.2) is 38.0 Å². The van der Waals surface area contributed by atoms with Gasteiger partial charge in [0.25, 0.3) is 5.91 Å². The minimum Gasteiger partial charge on any atom is -0.497 e. The van der Waals surface area contributed by atoms with Crippen LogP contribution in [0.1, 0.15) is 10.4 Å². The molecule has 0 fully saturated rings. The number of carbonyl (C=O) groups is 3. The van der Waals surface area contributed by atoms with Gasteiger partial charge in [-0.25, -0.2) is 18.0 Å². The van der Waals surface area contributed by atoms with E-state index in [9.17, 15) is 27.6 Å². The number of nitrogens with one attached hydrogen (secondary N) is 2. The molecule has 0 aliphatic heterocycles. The van der Waals surface area contributed by atoms with Crippen molar-refractivity contribution < 1.29 is 37.0 Å². The summed E-state index contributed by atoms with van der Waals surface area (Å²) in [5.74, 6) is -6.73. The van der Waals surface area contributed by atoms with Crippen molar-refractivity contribution in [1.82, 2.24) is 5.32 Å². The number of methoxy groups -OCH3 is 1. The second-order valence-electron chi connectivity index (χ2n) is 5.36. The average Bonchev–Trinajstić information content (AvgIpc) is 2.70. The molecule has 2 aromatic carbocycles. The maximum absolute atomic E-state index is 13.5. The zero-order valence-electron chi connectivity index (χ0n) is 14.6. The molecule has 2 N–H and O–H groups in total. The van der Waals surface area contributed by atoms with Gasteiger partial charge >= 0.3 is 5.97 Å². The van der Waals surface area contributed by atoms with E-state index in [0.29, 0.717) is 11.8 Å². The Balaban J connectivity index is 1.79. The first kappa shape index (κ1) is 20.7. The quantitative estimate of drug-likeness (QED) is 0.552. The molecule has 2 rings (SSSR count). The third-order valence-corrected chi connectivity index (χ3v) is 3.40. The van der Waals surface area contributed by atoms with Crippen molar-refractivity contribution in [3.8, 4) is 5.75 Å². The monoisotopic (exact) mass is 396 g/mol. The summed E-state index contributed by atoms with van der Waals surface area (Å²) in [6, 6.07) is 7.56. The fourth-order valence-electron chi connectivity index (χ4n) is 2.01. The number of hydrogen-bond acceptors (Lipinski definition) is 5. The Morgan fingerprint density at radius 1 is 1.00 bits per heavy atom. The van der Waals surface area contributed by atoms with E-state index in [1.807, 2.05) is 5.32 Å². The lowest BCUT2D eigenvalue weighted by Gasteiger charge is -2.09. The maximum atomic E-state index is 13.5. The van der Waals surface area contributed by atoms with Gasteiger partial charge in [-0.2, -0.15) is 0 Å². The van der Waals surface area contributed by atoms with Crippen LogP contribution < -0.4 is 15.4 Å². The smallest absolute Gasteiger partial charge is 0.338 e. The van der Waals surface area contributed by atoms with Crippen molar-refractivity contribution in [2.45, 2.75) is 0 Å². The molecule has 10 heteroatoms. The van der Waals surface area contributed by atoms with Crippen LogP contribution in [0.3, 0.4) is 0 Å². The van der Waals surface area contributed by atoms with Crippen LogP contribution in [-0.2, 0) is 14.3 Å². The second kappa shape index (κ2) is 9.40. The number of ether oxygens (including phenoxy) is 2. The van der Waals surface area contributed by atoms with Crippen LogP contribution in [0.5, 0.6) is 5.75 Å². The van der Waals surface area contributed by atoms with E-state index in [4.69, 9.17) is 9.47 Å². The number of hydrogen-bond donors (Lipinski definition) is 2. The highest BCUT2D eigenvalue weighted by molar-refractivity contribution is 5.95. The summed E-state index contributed by atoms with van der Waals surface area (Å²) in [5, 5.41) is 4.11. The van der Waals surface area contributed by atoms with E-state index < -0.39 is 54.1 Å². The van der Waals surface area contributed by atoms with Crippen molar-refractivity contribution in [3.05, 3.63) is 59.4 Å². The molecule has 0 heterocycles. The molecule has 2 amide bonds. The van der Waals surface area contributed by atoms with Gasteiger partial charge in [0.1, 0.15) is 5.75 Å². The first-order valence-electron chi connectivity index (χ1n) is 7.83. The van der Waals surface area contributed by atoms with Gasteiger partial charge in [0.2, 0.25) is 5.91 Å². The van der Waals surface area contributed by atoms with Gasteiger partial charge in [-0.3, -0.25) is 9.59 Å². The van der Waals surface area contributed by atoms with Crippen molar-refractivity contribution in [3.63, 3.8) is 0 Å². The molecule has 0 bridgehead atoms. The predicted octanol–water partition coefficient (Wildman–Crippen LogP) is 2.02. The zero-order chi connectivity index (χ0) is 20.7. The van der Waals surface area contributed by atoms with Crippen LogP contribution in [0, 0.1) is 17.5 Å². The molecule has 0 aliphatic rings. The van der Waals surface area contributed by atoms with Gasteiger partial charge in [-0.15, -0.1) is 0 Å². The van der Waals surface area contributed by atoms with Crippen molar-refractivity contribution in [2.75, 3.05) is 25.6 Å². The Bertz CT molecular complexity index is 905. The molecule has 2 aromatic rings. The summed E-state index contributed by atoms with van der Waals surface area (Å²) in [7, 11) is 1.43. The molecule has 0 aliphatic carbocycles. The standard InChI is InChI=1S/C18H15F3N2O5/c1-27-11-4-2-3-10(7-11)18(26)28-9-15(25)22-8-14(24)23-13-6-5-12(19)16(20)17(13)21/h2-7H,8-9H2,1H3,(H,22,25)(H,23,24). The van der Waals surface area contributed by atoms with Crippen LogP contribution in [0.15, 0.2) is 36.4 Å². The van der Waals surface area contributed by atoms with Crippen LogP contribution in [0.2, 0.25) is 0 Å². The highest BCUT2D eigenvalue weighted by atomic mass is 19.2. The highest BCUT2D eigenvalue weighted by Gasteiger charge is 2.16. The lowest BCUT2D eigenvalue weighted by molar-refractivity contribution is -0.126. The van der Waals surface area contributed by atoms with Crippen molar-refractivity contribution in [2.24, 2.45) is 0 Å². The third kappa shape index (κ3) is 5.47. The molecule has 28 heavy (non-hydrogen) atoms. The minimum atomic E-state index is -1.73. The molecule has 0 atom stereocenters. The fourth-order valence-corrected chi connectivity index (χ4v) is 2.01. The molecule has 0 unspecified atom stereocenters. The van der Waals surface area contributed by atoms with E-state index in [1.54, 1.807) is 12.1 Å². The summed E-state index contributed by atoms with van der Waals surface area (Å²) >= 11 is 0. The normalized spacial score (nSPS) is 10.1. The number of carbonyl (C=O) groups excluding carboxylic acids is 3. The largest absolute Gasteiger partial charge is 0.497 e. The first-order chi connectivity index (χ1) is 13.3. The molecule has 0 spiro atoms. The molecule has 148 valence electrons. The average molecular weight is 396 g/mol. The second-order valence-corrected chi connectivity index (χ2v) is 5.36. The lowest BCUT2D eigenvalue weighted by Crippen LogP contribution is -2.35. The maximum Gasteiger partial charge on any atom is 0.338 e. The number of halogens is 3. The summed E-state index contributed by atoms with van der Waals surface area (Å²) < 4.78 is 49.2. The molecular weight excluding hydrogens is 381 g/mol. The molecule has 0 radical (unpaired) electrons. The SMILES string of the molecule is COc1cccc(C(=O)OCC(=O)NCC(=O)Nc2ccc(F)c(F)c2F)c1. The number of benzene rings is 2. The number of amides is 2. The summed E-state index contributed by atoms with van der Waals surface area (Å²) in [5.41, 5.74) is -0.415.